The minimum atomic E-state index is -0.116. The molecule has 154 valence electrons. The first-order valence-electron chi connectivity index (χ1n) is 10.4. The fraction of sp³-hybridized carbons (Fsp3) is 0.636. The maximum Gasteiger partial charge on any atom is 0.253 e. The molecule has 28 heavy (non-hydrogen) atoms. The van der Waals surface area contributed by atoms with Gasteiger partial charge in [0.1, 0.15) is 5.75 Å². The zero-order valence-electron chi connectivity index (χ0n) is 17.3. The van der Waals surface area contributed by atoms with Gasteiger partial charge >= 0.3 is 0 Å². The lowest BCUT2D eigenvalue weighted by Crippen LogP contribution is -2.54. The van der Waals surface area contributed by atoms with Gasteiger partial charge in [-0.25, -0.2) is 0 Å². The van der Waals surface area contributed by atoms with Crippen molar-refractivity contribution in [2.24, 2.45) is 5.92 Å². The van der Waals surface area contributed by atoms with Crippen LogP contribution < -0.4 is 4.74 Å². The van der Waals surface area contributed by atoms with Gasteiger partial charge in [0.25, 0.3) is 5.91 Å². The van der Waals surface area contributed by atoms with Gasteiger partial charge in [0.2, 0.25) is 5.91 Å². The van der Waals surface area contributed by atoms with E-state index in [2.05, 4.69) is 11.8 Å². The number of thioether (sulfide) groups is 1. The first-order valence-corrected chi connectivity index (χ1v) is 11.4. The topological polar surface area (TPSA) is 49.9 Å². The Balaban J connectivity index is 1.58. The number of carbonyl (C=O) groups excluding carboxylic acids is 2. The van der Waals surface area contributed by atoms with Crippen molar-refractivity contribution in [3.05, 3.63) is 29.8 Å². The maximum absolute atomic E-state index is 12.9. The number of nitrogens with zero attached hydrogens (tertiary/aromatic N) is 2. The first kappa shape index (κ1) is 21.0. The number of piperidine rings is 1. The van der Waals surface area contributed by atoms with Crippen molar-refractivity contribution in [2.45, 2.75) is 51.3 Å². The van der Waals surface area contributed by atoms with E-state index in [0.717, 1.165) is 43.7 Å². The Morgan fingerprint density at radius 1 is 1.14 bits per heavy atom. The second kappa shape index (κ2) is 9.21. The number of likely N-dealkylation sites (tertiary alicyclic amines) is 1. The van der Waals surface area contributed by atoms with Crippen LogP contribution >= 0.6 is 11.8 Å². The Morgan fingerprint density at radius 3 is 2.43 bits per heavy atom. The van der Waals surface area contributed by atoms with Crippen molar-refractivity contribution < 1.29 is 14.3 Å². The van der Waals surface area contributed by atoms with Crippen LogP contribution in [0.15, 0.2) is 24.3 Å². The first-order chi connectivity index (χ1) is 13.5. The molecule has 2 aliphatic rings. The van der Waals surface area contributed by atoms with Crippen LogP contribution in [0.4, 0.5) is 0 Å². The predicted octanol–water partition coefficient (Wildman–Crippen LogP) is 4.03. The van der Waals surface area contributed by atoms with Crippen molar-refractivity contribution >= 4 is 23.6 Å². The van der Waals surface area contributed by atoms with Crippen molar-refractivity contribution in [3.63, 3.8) is 0 Å². The molecule has 0 aromatic heterocycles. The smallest absolute Gasteiger partial charge is 0.253 e. The summed E-state index contributed by atoms with van der Waals surface area (Å²) in [6, 6.07) is 7.47. The molecule has 0 radical (unpaired) electrons. The number of carbonyl (C=O) groups is 2. The van der Waals surface area contributed by atoms with E-state index in [-0.39, 0.29) is 22.6 Å². The fourth-order valence-electron chi connectivity index (χ4n) is 3.92. The zero-order chi connectivity index (χ0) is 20.1. The van der Waals surface area contributed by atoms with Crippen molar-refractivity contribution in [1.82, 2.24) is 9.80 Å². The van der Waals surface area contributed by atoms with Crippen LogP contribution in [0.25, 0.3) is 0 Å². The normalized spacial score (nSPS) is 18.7. The number of hydrogen-bond donors (Lipinski definition) is 0. The SMILES string of the molecule is CCCCOc1ccc(C(=O)N2CCC3(CC2)SCCN3C(=O)C(C)C)cc1. The van der Waals surface area contributed by atoms with Crippen LogP contribution in [-0.4, -0.2) is 58.5 Å². The van der Waals surface area contributed by atoms with Gasteiger partial charge in [-0.05, 0) is 43.5 Å². The second-order valence-corrected chi connectivity index (χ2v) is 9.41. The van der Waals surface area contributed by atoms with E-state index in [9.17, 15) is 9.59 Å². The number of unbranched alkanes of at least 4 members (excludes halogenated alkanes) is 1. The number of rotatable bonds is 6. The van der Waals surface area contributed by atoms with Crippen LogP contribution in [0.3, 0.4) is 0 Å². The summed E-state index contributed by atoms with van der Waals surface area (Å²) < 4.78 is 5.68. The molecule has 0 saturated carbocycles. The van der Waals surface area contributed by atoms with E-state index in [0.29, 0.717) is 25.3 Å². The van der Waals surface area contributed by atoms with E-state index in [1.54, 1.807) is 0 Å². The Hall–Kier alpha value is -1.69. The molecule has 0 aliphatic carbocycles. The second-order valence-electron chi connectivity index (χ2n) is 7.96. The molecule has 2 heterocycles. The van der Waals surface area contributed by atoms with Crippen LogP contribution in [-0.2, 0) is 4.79 Å². The number of ether oxygens (including phenoxy) is 1. The lowest BCUT2D eigenvalue weighted by Gasteiger charge is -2.44. The van der Waals surface area contributed by atoms with E-state index >= 15 is 0 Å². The summed E-state index contributed by atoms with van der Waals surface area (Å²) in [6.07, 6.45) is 3.83. The summed E-state index contributed by atoms with van der Waals surface area (Å²) in [5.74, 6) is 2.13. The highest BCUT2D eigenvalue weighted by Crippen LogP contribution is 2.44. The fourth-order valence-corrected chi connectivity index (χ4v) is 5.38. The molecule has 0 bridgehead atoms. The minimum absolute atomic E-state index is 0.0216. The summed E-state index contributed by atoms with van der Waals surface area (Å²) in [5.41, 5.74) is 0.702. The summed E-state index contributed by atoms with van der Waals surface area (Å²) >= 11 is 1.89. The van der Waals surface area contributed by atoms with Crippen LogP contribution in [0.1, 0.15) is 56.8 Å². The quantitative estimate of drug-likeness (QED) is 0.672. The third kappa shape index (κ3) is 4.48. The van der Waals surface area contributed by atoms with Gasteiger partial charge in [-0.3, -0.25) is 9.59 Å². The summed E-state index contributed by atoms with van der Waals surface area (Å²) in [5, 5.41) is 0. The molecule has 2 fully saturated rings. The summed E-state index contributed by atoms with van der Waals surface area (Å²) in [7, 11) is 0. The third-order valence-electron chi connectivity index (χ3n) is 5.64. The molecule has 1 spiro atoms. The molecule has 5 nitrogen and oxygen atoms in total. The van der Waals surface area contributed by atoms with Gasteiger partial charge < -0.3 is 14.5 Å². The van der Waals surface area contributed by atoms with Crippen LogP contribution in [0.2, 0.25) is 0 Å². The van der Waals surface area contributed by atoms with Gasteiger partial charge in [-0.2, -0.15) is 0 Å². The lowest BCUT2D eigenvalue weighted by atomic mass is 9.99. The Morgan fingerprint density at radius 2 is 1.82 bits per heavy atom. The molecule has 2 amide bonds. The van der Waals surface area contributed by atoms with Crippen molar-refractivity contribution in [2.75, 3.05) is 32.0 Å². The number of amides is 2. The highest BCUT2D eigenvalue weighted by atomic mass is 32.2. The van der Waals surface area contributed by atoms with E-state index in [4.69, 9.17) is 4.74 Å². The molecule has 2 saturated heterocycles. The molecule has 3 rings (SSSR count). The summed E-state index contributed by atoms with van der Waals surface area (Å²) in [6.45, 7) is 9.00. The van der Waals surface area contributed by atoms with Crippen molar-refractivity contribution in [1.29, 1.82) is 0 Å². The van der Waals surface area contributed by atoms with Gasteiger partial charge in [0.05, 0.1) is 11.5 Å². The van der Waals surface area contributed by atoms with Gasteiger partial charge in [0.15, 0.2) is 0 Å². The molecule has 0 unspecified atom stereocenters. The Kier molecular flexibility index (Phi) is 6.91. The summed E-state index contributed by atoms with van der Waals surface area (Å²) in [4.78, 5) is 29.4. The van der Waals surface area contributed by atoms with Gasteiger partial charge in [0, 0.05) is 36.9 Å². The molecule has 6 heteroatoms. The van der Waals surface area contributed by atoms with E-state index in [1.807, 2.05) is 54.8 Å². The highest BCUT2D eigenvalue weighted by molar-refractivity contribution is 8.00. The van der Waals surface area contributed by atoms with Gasteiger partial charge in [-0.15, -0.1) is 11.8 Å². The van der Waals surface area contributed by atoms with Crippen LogP contribution in [0.5, 0.6) is 5.75 Å². The molecule has 0 N–H and O–H groups in total. The number of hydrogen-bond acceptors (Lipinski definition) is 4. The maximum atomic E-state index is 12.9. The minimum Gasteiger partial charge on any atom is -0.494 e. The molecular weight excluding hydrogens is 372 g/mol. The van der Waals surface area contributed by atoms with E-state index in [1.165, 1.54) is 0 Å². The molecule has 1 aromatic rings. The number of benzene rings is 1. The molecular formula is C22H32N2O3S. The standard InChI is InChI=1S/C22H32N2O3S/c1-4-5-15-27-19-8-6-18(7-9-19)21(26)23-12-10-22(11-13-23)24(14-16-28-22)20(25)17(2)3/h6-9,17H,4-5,10-16H2,1-3H3. The lowest BCUT2D eigenvalue weighted by molar-refractivity contribution is -0.137. The Bertz CT molecular complexity index is 682. The molecule has 2 aliphatic heterocycles. The average Bonchev–Trinajstić information content (AvgIpc) is 3.11. The molecule has 0 atom stereocenters. The van der Waals surface area contributed by atoms with E-state index < -0.39 is 0 Å². The Labute approximate surface area is 172 Å². The zero-order valence-corrected chi connectivity index (χ0v) is 18.1. The van der Waals surface area contributed by atoms with Crippen molar-refractivity contribution in [3.8, 4) is 5.75 Å². The third-order valence-corrected chi connectivity index (χ3v) is 7.19. The highest BCUT2D eigenvalue weighted by Gasteiger charge is 2.47. The monoisotopic (exact) mass is 404 g/mol. The molecule has 1 aromatic carbocycles. The average molecular weight is 405 g/mol. The largest absolute Gasteiger partial charge is 0.494 e. The van der Waals surface area contributed by atoms with Crippen LogP contribution in [0, 0.1) is 5.92 Å². The predicted molar refractivity (Wildman–Crippen MR) is 114 cm³/mol. The van der Waals surface area contributed by atoms with Gasteiger partial charge in [-0.1, -0.05) is 27.2 Å².